The van der Waals surface area contributed by atoms with Crippen LogP contribution in [0.1, 0.15) is 19.8 Å². The second kappa shape index (κ2) is 8.11. The summed E-state index contributed by atoms with van der Waals surface area (Å²) in [7, 11) is 0. The molecule has 1 aromatic heterocycles. The molecule has 1 fully saturated rings. The van der Waals surface area contributed by atoms with Crippen molar-refractivity contribution in [2.45, 2.75) is 25.8 Å². The van der Waals surface area contributed by atoms with Crippen LogP contribution in [-0.4, -0.2) is 23.5 Å². The predicted molar refractivity (Wildman–Crippen MR) is 98.6 cm³/mol. The number of benzene rings is 1. The predicted octanol–water partition coefficient (Wildman–Crippen LogP) is 4.21. The molecule has 0 unspecified atom stereocenters. The molecule has 1 aromatic carbocycles. The molecule has 4 nitrogen and oxygen atoms in total. The Morgan fingerprint density at radius 3 is 2.96 bits per heavy atom. The molecule has 1 aliphatic heterocycles. The molecule has 7 heteroatoms. The summed E-state index contributed by atoms with van der Waals surface area (Å²) in [6, 6.07) is 7.97. The van der Waals surface area contributed by atoms with E-state index in [4.69, 9.17) is 11.6 Å². The van der Waals surface area contributed by atoms with Crippen LogP contribution >= 0.6 is 35.3 Å². The van der Waals surface area contributed by atoms with E-state index in [0.29, 0.717) is 16.2 Å². The number of hydrogen-bond donors (Lipinski definition) is 2. The first-order chi connectivity index (χ1) is 10.6. The van der Waals surface area contributed by atoms with Gasteiger partial charge in [0.1, 0.15) is 0 Å². The molecule has 0 aliphatic carbocycles. The summed E-state index contributed by atoms with van der Waals surface area (Å²) >= 11 is 7.61. The molecule has 2 atom stereocenters. The van der Waals surface area contributed by atoms with Gasteiger partial charge < -0.3 is 10.6 Å². The first kappa shape index (κ1) is 18.2. The van der Waals surface area contributed by atoms with Crippen molar-refractivity contribution < 1.29 is 4.79 Å². The van der Waals surface area contributed by atoms with Crippen LogP contribution in [-0.2, 0) is 4.79 Å². The van der Waals surface area contributed by atoms with E-state index in [1.807, 2.05) is 29.6 Å². The SMILES string of the molecule is C[C@H]1C[C@@H](C(=O)Nc2nc(-c3ccccc3Cl)cs2)CCN1.Cl. The highest BCUT2D eigenvalue weighted by Gasteiger charge is 2.25. The number of anilines is 1. The van der Waals surface area contributed by atoms with Crippen LogP contribution in [0.2, 0.25) is 5.02 Å². The lowest BCUT2D eigenvalue weighted by Gasteiger charge is -2.26. The van der Waals surface area contributed by atoms with Crippen molar-refractivity contribution in [1.82, 2.24) is 10.3 Å². The molecule has 124 valence electrons. The molecule has 23 heavy (non-hydrogen) atoms. The van der Waals surface area contributed by atoms with Gasteiger partial charge in [0.25, 0.3) is 0 Å². The lowest BCUT2D eigenvalue weighted by Crippen LogP contribution is -2.40. The van der Waals surface area contributed by atoms with Gasteiger partial charge in [-0.05, 0) is 32.4 Å². The van der Waals surface area contributed by atoms with E-state index in [0.717, 1.165) is 30.6 Å². The first-order valence-corrected chi connectivity index (χ1v) is 8.64. The van der Waals surface area contributed by atoms with E-state index < -0.39 is 0 Å². The van der Waals surface area contributed by atoms with E-state index in [9.17, 15) is 4.79 Å². The van der Waals surface area contributed by atoms with Gasteiger partial charge in [-0.3, -0.25) is 4.79 Å². The fraction of sp³-hybridized carbons (Fsp3) is 0.375. The van der Waals surface area contributed by atoms with Crippen LogP contribution in [0, 0.1) is 5.92 Å². The van der Waals surface area contributed by atoms with Crippen LogP contribution in [0.25, 0.3) is 11.3 Å². The van der Waals surface area contributed by atoms with Gasteiger partial charge in [0, 0.05) is 27.9 Å². The minimum atomic E-state index is 0. The Morgan fingerprint density at radius 1 is 1.43 bits per heavy atom. The Morgan fingerprint density at radius 2 is 2.22 bits per heavy atom. The van der Waals surface area contributed by atoms with Crippen LogP contribution in [0.3, 0.4) is 0 Å². The van der Waals surface area contributed by atoms with E-state index in [2.05, 4.69) is 22.5 Å². The van der Waals surface area contributed by atoms with Gasteiger partial charge in [0.15, 0.2) is 5.13 Å². The highest BCUT2D eigenvalue weighted by molar-refractivity contribution is 7.14. The molecular weight excluding hydrogens is 353 g/mol. The van der Waals surface area contributed by atoms with Crippen LogP contribution in [0.4, 0.5) is 5.13 Å². The zero-order valence-corrected chi connectivity index (χ0v) is 15.1. The van der Waals surface area contributed by atoms with Gasteiger partial charge in [-0.15, -0.1) is 23.7 Å². The zero-order valence-electron chi connectivity index (χ0n) is 12.7. The van der Waals surface area contributed by atoms with E-state index in [1.165, 1.54) is 11.3 Å². The van der Waals surface area contributed by atoms with Gasteiger partial charge in [-0.1, -0.05) is 29.8 Å². The number of piperidine rings is 1. The molecule has 2 aromatic rings. The smallest absolute Gasteiger partial charge is 0.229 e. The Labute approximate surface area is 151 Å². The average Bonchev–Trinajstić information content (AvgIpc) is 2.96. The largest absolute Gasteiger partial charge is 0.314 e. The minimum absolute atomic E-state index is 0. The Balaban J connectivity index is 0.00000192. The van der Waals surface area contributed by atoms with E-state index in [1.54, 1.807) is 0 Å². The fourth-order valence-corrected chi connectivity index (χ4v) is 3.65. The Kier molecular flexibility index (Phi) is 6.41. The number of hydrogen-bond acceptors (Lipinski definition) is 4. The molecule has 2 heterocycles. The maximum absolute atomic E-state index is 12.3. The van der Waals surface area contributed by atoms with Crippen molar-refractivity contribution in [3.8, 4) is 11.3 Å². The Hall–Kier alpha value is -1.14. The van der Waals surface area contributed by atoms with Gasteiger partial charge in [0.2, 0.25) is 5.91 Å². The number of aromatic nitrogens is 1. The zero-order chi connectivity index (χ0) is 15.5. The molecule has 1 aliphatic rings. The standard InChI is InChI=1S/C16H18ClN3OS.ClH/c1-10-8-11(6-7-18-10)15(21)20-16-19-14(9-22-16)12-4-2-3-5-13(12)17;/h2-5,9-11,18H,6-8H2,1H3,(H,19,20,21);1H/t10-,11-;/m0./s1. The third-order valence-corrected chi connectivity index (χ3v) is 4.97. The summed E-state index contributed by atoms with van der Waals surface area (Å²) in [4.78, 5) is 16.8. The number of thiazole rings is 1. The number of carbonyl (C=O) groups excluding carboxylic acids is 1. The van der Waals surface area contributed by atoms with Gasteiger partial charge in [0.05, 0.1) is 5.69 Å². The van der Waals surface area contributed by atoms with Crippen molar-refractivity contribution in [2.24, 2.45) is 5.92 Å². The second-order valence-corrected chi connectivity index (χ2v) is 6.85. The normalized spacial score (nSPS) is 20.6. The van der Waals surface area contributed by atoms with Crippen LogP contribution < -0.4 is 10.6 Å². The number of nitrogens with one attached hydrogen (secondary N) is 2. The summed E-state index contributed by atoms with van der Waals surface area (Å²) < 4.78 is 0. The Bertz CT molecular complexity index is 677. The van der Waals surface area contributed by atoms with Crippen molar-refractivity contribution in [2.75, 3.05) is 11.9 Å². The molecule has 2 N–H and O–H groups in total. The maximum atomic E-state index is 12.3. The third kappa shape index (κ3) is 4.44. The number of amides is 1. The fourth-order valence-electron chi connectivity index (χ4n) is 2.70. The highest BCUT2D eigenvalue weighted by atomic mass is 35.5. The van der Waals surface area contributed by atoms with Crippen LogP contribution in [0.5, 0.6) is 0 Å². The minimum Gasteiger partial charge on any atom is -0.314 e. The molecule has 3 rings (SSSR count). The van der Waals surface area contributed by atoms with Gasteiger partial charge >= 0.3 is 0 Å². The van der Waals surface area contributed by atoms with E-state index in [-0.39, 0.29) is 24.2 Å². The molecule has 0 bridgehead atoms. The van der Waals surface area contributed by atoms with Crippen molar-refractivity contribution in [3.63, 3.8) is 0 Å². The third-order valence-electron chi connectivity index (χ3n) is 3.88. The number of halogens is 2. The number of nitrogens with zero attached hydrogens (tertiary/aromatic N) is 1. The number of carbonyl (C=O) groups is 1. The molecule has 1 saturated heterocycles. The van der Waals surface area contributed by atoms with Crippen molar-refractivity contribution in [1.29, 1.82) is 0 Å². The highest BCUT2D eigenvalue weighted by Crippen LogP contribution is 2.30. The maximum Gasteiger partial charge on any atom is 0.229 e. The molecule has 0 spiro atoms. The lowest BCUT2D eigenvalue weighted by molar-refractivity contribution is -0.120. The van der Waals surface area contributed by atoms with E-state index >= 15 is 0 Å². The van der Waals surface area contributed by atoms with Crippen molar-refractivity contribution in [3.05, 3.63) is 34.7 Å². The average molecular weight is 372 g/mol. The molecular formula is C16H19Cl2N3OS. The second-order valence-electron chi connectivity index (χ2n) is 5.58. The van der Waals surface area contributed by atoms with Crippen LogP contribution in [0.15, 0.2) is 29.6 Å². The van der Waals surface area contributed by atoms with Gasteiger partial charge in [-0.25, -0.2) is 4.98 Å². The summed E-state index contributed by atoms with van der Waals surface area (Å²) in [6.45, 7) is 3.00. The summed E-state index contributed by atoms with van der Waals surface area (Å²) in [5, 5.41) is 9.51. The monoisotopic (exact) mass is 371 g/mol. The van der Waals surface area contributed by atoms with Gasteiger partial charge in [-0.2, -0.15) is 0 Å². The quantitative estimate of drug-likeness (QED) is 0.849. The summed E-state index contributed by atoms with van der Waals surface area (Å²) in [5.74, 6) is 0.123. The molecule has 1 amide bonds. The first-order valence-electron chi connectivity index (χ1n) is 7.38. The molecule has 0 saturated carbocycles. The molecule has 0 radical (unpaired) electrons. The summed E-state index contributed by atoms with van der Waals surface area (Å²) in [5.41, 5.74) is 1.68. The van der Waals surface area contributed by atoms with Crippen molar-refractivity contribution >= 4 is 46.4 Å². The number of rotatable bonds is 3. The summed E-state index contributed by atoms with van der Waals surface area (Å²) in [6.07, 6.45) is 1.74. The topological polar surface area (TPSA) is 54.0 Å². The lowest BCUT2D eigenvalue weighted by atomic mass is 9.92.